The lowest BCUT2D eigenvalue weighted by Gasteiger charge is -2.38. The Balaban J connectivity index is 1.90. The Labute approximate surface area is 185 Å². The first-order chi connectivity index (χ1) is 15.3. The highest BCUT2D eigenvalue weighted by Crippen LogP contribution is 2.38. The lowest BCUT2D eigenvalue weighted by Crippen LogP contribution is -2.43. The summed E-state index contributed by atoms with van der Waals surface area (Å²) >= 11 is 0. The summed E-state index contributed by atoms with van der Waals surface area (Å²) in [6.45, 7) is 6.38. The first-order valence-corrected chi connectivity index (χ1v) is 10.4. The molecule has 0 spiro atoms. The number of carbonyl (C=O) groups excluding carboxylic acids is 1. The number of nitrogens with zero attached hydrogens (tertiary/aromatic N) is 5. The van der Waals surface area contributed by atoms with E-state index in [1.807, 2.05) is 18.7 Å². The number of ether oxygens (including phenoxy) is 1. The Hall–Kier alpha value is -3.62. The summed E-state index contributed by atoms with van der Waals surface area (Å²) in [5.74, 6) is 0.0998. The van der Waals surface area contributed by atoms with E-state index in [2.05, 4.69) is 19.9 Å². The van der Waals surface area contributed by atoms with Crippen molar-refractivity contribution >= 4 is 11.9 Å². The molecule has 2 aromatic heterocycles. The monoisotopic (exact) mass is 436 g/mol. The van der Waals surface area contributed by atoms with Gasteiger partial charge in [-0.05, 0) is 30.5 Å². The smallest absolute Gasteiger partial charge is 0.258 e. The second-order valence-corrected chi connectivity index (χ2v) is 8.24. The zero-order chi connectivity index (χ0) is 23.0. The molecule has 8 nitrogen and oxygen atoms in total. The minimum absolute atomic E-state index is 0.128. The molecule has 3 aromatic rings. The maximum atomic E-state index is 14.3. The van der Waals surface area contributed by atoms with Gasteiger partial charge in [-0.15, -0.1) is 0 Å². The fraction of sp³-hybridized carbons (Fsp3) is 0.348. The summed E-state index contributed by atoms with van der Waals surface area (Å²) in [7, 11) is 1.49. The molecule has 0 bridgehead atoms. The molecule has 2 N–H and O–H groups in total. The van der Waals surface area contributed by atoms with Gasteiger partial charge in [-0.1, -0.05) is 19.9 Å². The molecule has 1 aromatic carbocycles. The third kappa shape index (κ3) is 3.98. The molecule has 1 aliphatic heterocycles. The van der Waals surface area contributed by atoms with Crippen LogP contribution < -0.4 is 10.5 Å². The average molecular weight is 436 g/mol. The van der Waals surface area contributed by atoms with Crippen molar-refractivity contribution in [3.63, 3.8) is 0 Å². The Bertz CT molecular complexity index is 1180. The van der Waals surface area contributed by atoms with E-state index in [4.69, 9.17) is 10.5 Å². The minimum atomic E-state index is -0.409. The fourth-order valence-corrected chi connectivity index (χ4v) is 4.16. The van der Waals surface area contributed by atoms with Crippen LogP contribution in [-0.4, -0.2) is 44.4 Å². The highest BCUT2D eigenvalue weighted by molar-refractivity contribution is 5.98. The van der Waals surface area contributed by atoms with E-state index in [9.17, 15) is 9.18 Å². The van der Waals surface area contributed by atoms with E-state index < -0.39 is 5.82 Å². The molecule has 0 aliphatic carbocycles. The van der Waals surface area contributed by atoms with Crippen molar-refractivity contribution in [2.24, 2.45) is 5.92 Å². The van der Waals surface area contributed by atoms with E-state index in [0.717, 1.165) is 5.56 Å². The molecular formula is C23H25FN6O2. The number of nitrogen functional groups attached to an aromatic ring is 1. The van der Waals surface area contributed by atoms with Crippen LogP contribution in [0.4, 0.5) is 10.3 Å². The average Bonchev–Trinajstić information content (AvgIpc) is 2.75. The van der Waals surface area contributed by atoms with Gasteiger partial charge in [-0.25, -0.2) is 19.3 Å². The molecule has 166 valence electrons. The predicted octanol–water partition coefficient (Wildman–Crippen LogP) is 3.37. The Morgan fingerprint density at radius 2 is 2.03 bits per heavy atom. The largest absolute Gasteiger partial charge is 0.480 e. The number of hydrogen-bond donors (Lipinski definition) is 1. The quantitative estimate of drug-likeness (QED) is 0.653. The number of anilines is 1. The molecule has 1 aliphatic rings. The molecule has 0 saturated heterocycles. The number of fused-ring (bicyclic) bond motifs is 1. The second kappa shape index (κ2) is 8.49. The Morgan fingerprint density at radius 3 is 2.75 bits per heavy atom. The number of methoxy groups -OCH3 is 1. The molecule has 0 saturated carbocycles. The van der Waals surface area contributed by atoms with Crippen LogP contribution in [0.3, 0.4) is 0 Å². The van der Waals surface area contributed by atoms with E-state index in [1.165, 1.54) is 25.4 Å². The zero-order valence-corrected chi connectivity index (χ0v) is 18.5. The fourth-order valence-electron chi connectivity index (χ4n) is 4.16. The summed E-state index contributed by atoms with van der Waals surface area (Å²) in [6.07, 6.45) is 3.46. The van der Waals surface area contributed by atoms with Crippen LogP contribution in [0.25, 0.3) is 11.3 Å². The maximum Gasteiger partial charge on any atom is 0.258 e. The molecule has 1 amide bonds. The van der Waals surface area contributed by atoms with E-state index in [-0.39, 0.29) is 23.8 Å². The van der Waals surface area contributed by atoms with Crippen molar-refractivity contribution in [1.82, 2.24) is 24.8 Å². The minimum Gasteiger partial charge on any atom is -0.480 e. The van der Waals surface area contributed by atoms with Gasteiger partial charge in [0.1, 0.15) is 5.82 Å². The number of benzene rings is 1. The predicted molar refractivity (Wildman–Crippen MR) is 117 cm³/mol. The van der Waals surface area contributed by atoms with Crippen molar-refractivity contribution in [3.05, 3.63) is 58.9 Å². The van der Waals surface area contributed by atoms with Crippen LogP contribution in [-0.2, 0) is 6.42 Å². The van der Waals surface area contributed by atoms with Gasteiger partial charge in [0, 0.05) is 18.5 Å². The summed E-state index contributed by atoms with van der Waals surface area (Å²) in [5.41, 5.74) is 9.27. The molecule has 0 radical (unpaired) electrons. The highest BCUT2D eigenvalue weighted by Gasteiger charge is 2.37. The van der Waals surface area contributed by atoms with E-state index in [1.54, 1.807) is 19.2 Å². The van der Waals surface area contributed by atoms with Gasteiger partial charge >= 0.3 is 0 Å². The molecular weight excluding hydrogens is 411 g/mol. The van der Waals surface area contributed by atoms with Gasteiger partial charge in [0.15, 0.2) is 0 Å². The van der Waals surface area contributed by atoms with Gasteiger partial charge in [0.05, 0.1) is 48.2 Å². The maximum absolute atomic E-state index is 14.3. The van der Waals surface area contributed by atoms with E-state index in [0.29, 0.717) is 47.1 Å². The molecule has 9 heteroatoms. The second-order valence-electron chi connectivity index (χ2n) is 8.24. The van der Waals surface area contributed by atoms with Crippen molar-refractivity contribution in [3.8, 4) is 17.1 Å². The van der Waals surface area contributed by atoms with Crippen molar-refractivity contribution in [2.75, 3.05) is 19.4 Å². The summed E-state index contributed by atoms with van der Waals surface area (Å²) in [4.78, 5) is 32.5. The van der Waals surface area contributed by atoms with Crippen LogP contribution in [0, 0.1) is 18.7 Å². The van der Waals surface area contributed by atoms with Crippen LogP contribution in [0.5, 0.6) is 5.88 Å². The van der Waals surface area contributed by atoms with Crippen molar-refractivity contribution in [1.29, 1.82) is 0 Å². The van der Waals surface area contributed by atoms with Crippen molar-refractivity contribution < 1.29 is 13.9 Å². The lowest BCUT2D eigenvalue weighted by atomic mass is 9.88. The normalized spacial score (nSPS) is 15.8. The molecule has 3 heterocycles. The van der Waals surface area contributed by atoms with Gasteiger partial charge in [0.25, 0.3) is 5.91 Å². The molecule has 32 heavy (non-hydrogen) atoms. The molecule has 4 rings (SSSR count). The van der Waals surface area contributed by atoms with Gasteiger partial charge in [0.2, 0.25) is 11.8 Å². The standard InChI is InChI=1S/C23H25FN6O2/c1-12(2)11-30-19(8-17-21(22(30)31)13(3)27-23(25)29-17)15-6-5-14(24)7-16(15)18-9-26-10-20(28-18)32-4/h5-7,9-10,12,19H,8,11H2,1-4H3,(H2,25,27,29). The Kier molecular flexibility index (Phi) is 5.73. The van der Waals surface area contributed by atoms with Crippen LogP contribution in [0.15, 0.2) is 30.6 Å². The first kappa shape index (κ1) is 21.6. The molecule has 1 unspecified atom stereocenters. The van der Waals surface area contributed by atoms with Gasteiger partial charge < -0.3 is 15.4 Å². The first-order valence-electron chi connectivity index (χ1n) is 10.4. The SMILES string of the molecule is COc1cncc(-c2cc(F)ccc2C2Cc3nc(N)nc(C)c3C(=O)N2CC(C)C)n1. The summed E-state index contributed by atoms with van der Waals surface area (Å²) in [5, 5.41) is 0. The third-order valence-electron chi connectivity index (χ3n) is 5.45. The summed E-state index contributed by atoms with van der Waals surface area (Å²) < 4.78 is 19.5. The zero-order valence-electron chi connectivity index (χ0n) is 18.5. The van der Waals surface area contributed by atoms with Gasteiger partial charge in [-0.2, -0.15) is 0 Å². The number of nitrogens with two attached hydrogens (primary N) is 1. The van der Waals surface area contributed by atoms with Crippen LogP contribution in [0.1, 0.15) is 47.2 Å². The number of halogens is 1. The summed E-state index contributed by atoms with van der Waals surface area (Å²) in [6, 6.07) is 4.11. The van der Waals surface area contributed by atoms with E-state index >= 15 is 0 Å². The number of aryl methyl sites for hydroxylation is 1. The Morgan fingerprint density at radius 1 is 1.25 bits per heavy atom. The number of aromatic nitrogens is 4. The lowest BCUT2D eigenvalue weighted by molar-refractivity contribution is 0.0615. The van der Waals surface area contributed by atoms with Crippen molar-refractivity contribution in [2.45, 2.75) is 33.2 Å². The highest BCUT2D eigenvalue weighted by atomic mass is 19.1. The number of carbonyl (C=O) groups is 1. The number of hydrogen-bond acceptors (Lipinski definition) is 7. The van der Waals surface area contributed by atoms with Crippen LogP contribution in [0.2, 0.25) is 0 Å². The van der Waals surface area contributed by atoms with Gasteiger partial charge in [-0.3, -0.25) is 9.78 Å². The number of rotatable bonds is 5. The molecule has 1 atom stereocenters. The topological polar surface area (TPSA) is 107 Å². The molecule has 0 fully saturated rings. The number of amides is 1. The van der Waals surface area contributed by atoms with Crippen LogP contribution >= 0.6 is 0 Å². The third-order valence-corrected chi connectivity index (χ3v) is 5.45.